The smallest absolute Gasteiger partial charge is 0.316 e. The van der Waals surface area contributed by atoms with Gasteiger partial charge in [-0.2, -0.15) is 0 Å². The summed E-state index contributed by atoms with van der Waals surface area (Å²) in [5.41, 5.74) is 5.66. The second-order valence-electron chi connectivity index (χ2n) is 5.34. The van der Waals surface area contributed by atoms with Crippen LogP contribution < -0.4 is 16.4 Å². The molecule has 0 radical (unpaired) electrons. The largest absolute Gasteiger partial charge is 0.332 e. The number of nitrogens with two attached hydrogens (primary N) is 1. The van der Waals surface area contributed by atoms with Crippen LogP contribution in [-0.2, 0) is 4.79 Å². The maximum atomic E-state index is 11.4. The molecule has 0 spiro atoms. The molecule has 18 heavy (non-hydrogen) atoms. The van der Waals surface area contributed by atoms with Gasteiger partial charge in [0.2, 0.25) is 0 Å². The van der Waals surface area contributed by atoms with Crippen molar-refractivity contribution in [2.45, 2.75) is 64.6 Å². The minimum absolute atomic E-state index is 0.0205. The Labute approximate surface area is 109 Å². The molecular weight excluding hydrogens is 230 g/mol. The Morgan fingerprint density at radius 1 is 1.50 bits per heavy atom. The molecule has 4 N–H and O–H groups in total. The van der Waals surface area contributed by atoms with E-state index in [2.05, 4.69) is 17.6 Å². The van der Waals surface area contributed by atoms with Crippen molar-refractivity contribution in [3.8, 4) is 0 Å². The zero-order chi connectivity index (χ0) is 13.8. The SMILES string of the molecule is CCC1NC(=O)NC1(N)[C@H](C)CCCCC(C)=O. The van der Waals surface area contributed by atoms with Crippen molar-refractivity contribution in [2.24, 2.45) is 11.7 Å². The fourth-order valence-electron chi connectivity index (χ4n) is 2.57. The second kappa shape index (κ2) is 6.18. The number of hydrogen-bond donors (Lipinski definition) is 3. The van der Waals surface area contributed by atoms with Crippen molar-refractivity contribution in [1.82, 2.24) is 10.6 Å². The summed E-state index contributed by atoms with van der Waals surface area (Å²) in [6.45, 7) is 5.69. The van der Waals surface area contributed by atoms with Gasteiger partial charge in [-0.3, -0.25) is 0 Å². The fourth-order valence-corrected chi connectivity index (χ4v) is 2.57. The standard InChI is InChI=1S/C13H25N3O2/c1-4-11-13(14,16-12(18)15-11)9(2)7-5-6-8-10(3)17/h9,11H,4-8,14H2,1-3H3,(H2,15,16,18)/t9-,11?,13?/m1/s1. The first-order chi connectivity index (χ1) is 8.40. The van der Waals surface area contributed by atoms with Crippen LogP contribution in [0, 0.1) is 5.92 Å². The lowest BCUT2D eigenvalue weighted by molar-refractivity contribution is -0.117. The molecule has 0 saturated carbocycles. The number of ketones is 1. The third-order valence-corrected chi connectivity index (χ3v) is 3.85. The number of Topliss-reactive ketones (excluding diaryl/α,β-unsaturated/α-hetero) is 1. The molecule has 5 nitrogen and oxygen atoms in total. The number of urea groups is 1. The van der Waals surface area contributed by atoms with Gasteiger partial charge in [0.15, 0.2) is 0 Å². The highest BCUT2D eigenvalue weighted by molar-refractivity contribution is 5.78. The van der Waals surface area contributed by atoms with Gasteiger partial charge < -0.3 is 21.2 Å². The van der Waals surface area contributed by atoms with E-state index < -0.39 is 5.66 Å². The molecule has 0 aromatic carbocycles. The maximum absolute atomic E-state index is 11.4. The molecule has 0 bridgehead atoms. The van der Waals surface area contributed by atoms with E-state index in [-0.39, 0.29) is 23.8 Å². The topological polar surface area (TPSA) is 84.2 Å². The van der Waals surface area contributed by atoms with Gasteiger partial charge in [-0.25, -0.2) is 4.79 Å². The van der Waals surface area contributed by atoms with E-state index in [1.54, 1.807) is 6.92 Å². The molecule has 1 rings (SSSR count). The average Bonchev–Trinajstić information content (AvgIpc) is 2.60. The number of amides is 2. The third-order valence-electron chi connectivity index (χ3n) is 3.85. The van der Waals surface area contributed by atoms with Crippen LogP contribution in [0.2, 0.25) is 0 Å². The number of nitrogens with one attached hydrogen (secondary N) is 2. The number of unbranched alkanes of at least 4 members (excludes halogenated alkanes) is 1. The average molecular weight is 255 g/mol. The molecule has 1 aliphatic rings. The minimum Gasteiger partial charge on any atom is -0.332 e. The van der Waals surface area contributed by atoms with E-state index in [4.69, 9.17) is 5.73 Å². The molecule has 104 valence electrons. The zero-order valence-electron chi connectivity index (χ0n) is 11.6. The Hall–Kier alpha value is -1.10. The highest BCUT2D eigenvalue weighted by Gasteiger charge is 2.45. The Balaban J connectivity index is 2.46. The van der Waals surface area contributed by atoms with Gasteiger partial charge in [-0.05, 0) is 32.1 Å². The van der Waals surface area contributed by atoms with Crippen LogP contribution in [0.1, 0.15) is 52.9 Å². The number of carbonyl (C=O) groups excluding carboxylic acids is 2. The van der Waals surface area contributed by atoms with Gasteiger partial charge in [0.1, 0.15) is 11.4 Å². The van der Waals surface area contributed by atoms with Crippen LogP contribution >= 0.6 is 0 Å². The Kier molecular flexibility index (Phi) is 5.14. The summed E-state index contributed by atoms with van der Waals surface area (Å²) in [5.74, 6) is 0.417. The van der Waals surface area contributed by atoms with Gasteiger partial charge in [-0.15, -0.1) is 0 Å². The van der Waals surface area contributed by atoms with Crippen LogP contribution in [0.4, 0.5) is 4.79 Å². The Morgan fingerprint density at radius 2 is 2.17 bits per heavy atom. The van der Waals surface area contributed by atoms with Crippen molar-refractivity contribution in [1.29, 1.82) is 0 Å². The predicted molar refractivity (Wildman–Crippen MR) is 71.0 cm³/mol. The molecule has 0 aromatic rings. The van der Waals surface area contributed by atoms with Crippen LogP contribution in [0.25, 0.3) is 0 Å². The first kappa shape index (κ1) is 15.0. The van der Waals surface area contributed by atoms with Crippen molar-refractivity contribution in [2.75, 3.05) is 0 Å². The minimum atomic E-state index is -0.665. The Bertz CT molecular complexity index is 319. The highest BCUT2D eigenvalue weighted by atomic mass is 16.2. The van der Waals surface area contributed by atoms with E-state index in [9.17, 15) is 9.59 Å². The molecule has 2 amide bonds. The summed E-state index contributed by atoms with van der Waals surface area (Å²) in [5, 5.41) is 5.70. The van der Waals surface area contributed by atoms with Crippen LogP contribution in [0.5, 0.6) is 0 Å². The van der Waals surface area contributed by atoms with Gasteiger partial charge >= 0.3 is 6.03 Å². The molecule has 1 fully saturated rings. The van der Waals surface area contributed by atoms with Crippen molar-refractivity contribution >= 4 is 11.8 Å². The molecule has 0 aromatic heterocycles. The number of hydrogen-bond acceptors (Lipinski definition) is 3. The molecule has 1 saturated heterocycles. The summed E-state index contributed by atoms with van der Waals surface area (Å²) >= 11 is 0. The van der Waals surface area contributed by atoms with Gasteiger partial charge in [0.05, 0.1) is 6.04 Å². The first-order valence-electron chi connectivity index (χ1n) is 6.77. The number of rotatable bonds is 7. The van der Waals surface area contributed by atoms with E-state index in [0.29, 0.717) is 6.42 Å². The fraction of sp³-hybridized carbons (Fsp3) is 0.846. The molecule has 1 heterocycles. The summed E-state index contributed by atoms with van der Waals surface area (Å²) < 4.78 is 0. The molecule has 2 unspecified atom stereocenters. The van der Waals surface area contributed by atoms with Crippen LogP contribution in [-0.4, -0.2) is 23.5 Å². The lowest BCUT2D eigenvalue weighted by Gasteiger charge is -2.35. The van der Waals surface area contributed by atoms with Gasteiger partial charge in [0, 0.05) is 6.42 Å². The van der Waals surface area contributed by atoms with E-state index in [1.165, 1.54) is 0 Å². The van der Waals surface area contributed by atoms with Gasteiger partial charge in [0.25, 0.3) is 0 Å². The monoisotopic (exact) mass is 255 g/mol. The quantitative estimate of drug-likeness (QED) is 0.603. The summed E-state index contributed by atoms with van der Waals surface area (Å²) in [7, 11) is 0. The van der Waals surface area contributed by atoms with Gasteiger partial charge in [-0.1, -0.05) is 20.3 Å². The normalized spacial score (nSPS) is 28.7. The molecule has 0 aliphatic carbocycles. The third kappa shape index (κ3) is 3.45. The molecular formula is C13H25N3O2. The second-order valence-corrected chi connectivity index (χ2v) is 5.34. The van der Waals surface area contributed by atoms with Crippen LogP contribution in [0.3, 0.4) is 0 Å². The lowest BCUT2D eigenvalue weighted by atomic mass is 9.84. The lowest BCUT2D eigenvalue weighted by Crippen LogP contribution is -2.61. The number of carbonyl (C=O) groups is 2. The zero-order valence-corrected chi connectivity index (χ0v) is 11.6. The summed E-state index contributed by atoms with van der Waals surface area (Å²) in [6.07, 6.45) is 4.22. The van der Waals surface area contributed by atoms with Crippen molar-refractivity contribution in [3.63, 3.8) is 0 Å². The highest BCUT2D eigenvalue weighted by Crippen LogP contribution is 2.26. The Morgan fingerprint density at radius 3 is 2.72 bits per heavy atom. The van der Waals surface area contributed by atoms with E-state index in [1.807, 2.05) is 6.92 Å². The van der Waals surface area contributed by atoms with Crippen molar-refractivity contribution < 1.29 is 9.59 Å². The molecule has 3 atom stereocenters. The van der Waals surface area contributed by atoms with Crippen LogP contribution in [0.15, 0.2) is 0 Å². The van der Waals surface area contributed by atoms with E-state index in [0.717, 1.165) is 25.7 Å². The molecule has 1 aliphatic heterocycles. The summed E-state index contributed by atoms with van der Waals surface area (Å²) in [6, 6.07) is -0.201. The maximum Gasteiger partial charge on any atom is 0.316 e. The van der Waals surface area contributed by atoms with E-state index >= 15 is 0 Å². The summed E-state index contributed by atoms with van der Waals surface area (Å²) in [4.78, 5) is 22.3. The van der Waals surface area contributed by atoms with Crippen molar-refractivity contribution in [3.05, 3.63) is 0 Å². The molecule has 5 heteroatoms. The predicted octanol–water partition coefficient (Wildman–Crippen LogP) is 1.52. The first-order valence-corrected chi connectivity index (χ1v) is 6.77.